The van der Waals surface area contributed by atoms with E-state index in [2.05, 4.69) is 88.5 Å². The summed E-state index contributed by atoms with van der Waals surface area (Å²) < 4.78 is 0. The molecular weight excluding hydrogens is 614 g/mol. The average Bonchev–Trinajstić information content (AvgIpc) is 3.72. The molecule has 1 N–H and O–H groups in total. The summed E-state index contributed by atoms with van der Waals surface area (Å²) in [7, 11) is 0. The number of amidine groups is 1. The van der Waals surface area contributed by atoms with Crippen molar-refractivity contribution in [2.75, 3.05) is 49.1 Å². The number of nitrogens with one attached hydrogen (secondary N) is 1. The van der Waals surface area contributed by atoms with E-state index < -0.39 is 11.9 Å². The topological polar surface area (TPSA) is 101 Å². The molecule has 1 aromatic heterocycles. The monoisotopic (exact) mass is 655 g/mol. The van der Waals surface area contributed by atoms with Crippen LogP contribution < -0.4 is 15.1 Å². The molecule has 5 heterocycles. The second-order valence-corrected chi connectivity index (χ2v) is 13.7. The number of hydrogen-bond donors (Lipinski definition) is 1. The van der Waals surface area contributed by atoms with Crippen LogP contribution in [-0.4, -0.2) is 89.7 Å². The summed E-state index contributed by atoms with van der Waals surface area (Å²) in [5.41, 5.74) is 5.95. The van der Waals surface area contributed by atoms with Gasteiger partial charge in [0.05, 0.1) is 12.2 Å². The van der Waals surface area contributed by atoms with Crippen molar-refractivity contribution in [3.05, 3.63) is 101 Å². The molecule has 8 rings (SSSR count). The number of piperidine rings is 1. The lowest BCUT2D eigenvalue weighted by Gasteiger charge is -2.35. The minimum Gasteiger partial charge on any atom is -0.354 e. The van der Waals surface area contributed by atoms with E-state index in [1.54, 1.807) is 4.90 Å². The minimum atomic E-state index is -0.682. The molecule has 10 nitrogen and oxygen atoms in total. The Hall–Kier alpha value is -5.09. The number of hydrogen-bond acceptors (Lipinski definition) is 8. The molecule has 0 aliphatic carbocycles. The number of pyridine rings is 1. The van der Waals surface area contributed by atoms with Crippen LogP contribution in [0.15, 0.2) is 77.8 Å². The number of piperazine rings is 1. The second kappa shape index (κ2) is 12.7. The first-order valence-corrected chi connectivity index (χ1v) is 17.4. The Kier molecular flexibility index (Phi) is 8.11. The van der Waals surface area contributed by atoms with Crippen LogP contribution in [0.1, 0.15) is 59.4 Å². The number of nitrogens with zero attached hydrogens (tertiary/aromatic N) is 6. The number of carbonyl (C=O) groups is 3. The SMILES string of the molecule is CC(C)N1CCN=C1c1cccc(N2CCN(Cc3ccc(Cc4ccc5c6c(cccc46)C(=O)N5C4CCC(=O)NC4=O)cc3)CC2)n1. The van der Waals surface area contributed by atoms with Gasteiger partial charge in [-0.1, -0.05) is 48.5 Å². The van der Waals surface area contributed by atoms with Gasteiger partial charge in [0.25, 0.3) is 5.91 Å². The molecule has 0 bridgehead atoms. The smallest absolute Gasteiger partial charge is 0.259 e. The summed E-state index contributed by atoms with van der Waals surface area (Å²) in [6.45, 7) is 10.9. The zero-order chi connectivity index (χ0) is 33.6. The lowest BCUT2D eigenvalue weighted by molar-refractivity contribution is -0.134. The van der Waals surface area contributed by atoms with Crippen molar-refractivity contribution in [1.82, 2.24) is 20.1 Å². The van der Waals surface area contributed by atoms with Crippen molar-refractivity contribution in [1.29, 1.82) is 0 Å². The van der Waals surface area contributed by atoms with E-state index in [4.69, 9.17) is 9.98 Å². The number of imide groups is 1. The first-order chi connectivity index (χ1) is 23.8. The van der Waals surface area contributed by atoms with Gasteiger partial charge in [-0.15, -0.1) is 0 Å². The van der Waals surface area contributed by atoms with Crippen LogP contribution >= 0.6 is 0 Å². The number of amides is 3. The maximum absolute atomic E-state index is 13.5. The Labute approximate surface area is 286 Å². The van der Waals surface area contributed by atoms with E-state index in [9.17, 15) is 14.4 Å². The maximum Gasteiger partial charge on any atom is 0.259 e. The normalized spacial score (nSPS) is 19.7. The Morgan fingerprint density at radius 3 is 2.41 bits per heavy atom. The molecule has 49 heavy (non-hydrogen) atoms. The summed E-state index contributed by atoms with van der Waals surface area (Å²) in [6.07, 6.45) is 1.29. The van der Waals surface area contributed by atoms with E-state index in [-0.39, 0.29) is 18.2 Å². The van der Waals surface area contributed by atoms with Crippen molar-refractivity contribution in [3.8, 4) is 0 Å². The van der Waals surface area contributed by atoms with Gasteiger partial charge in [0.1, 0.15) is 23.4 Å². The predicted molar refractivity (Wildman–Crippen MR) is 191 cm³/mol. The van der Waals surface area contributed by atoms with Crippen LogP contribution in [0.4, 0.5) is 11.5 Å². The fourth-order valence-corrected chi connectivity index (χ4v) is 7.75. The molecule has 2 saturated heterocycles. The molecule has 0 spiro atoms. The average molecular weight is 656 g/mol. The summed E-state index contributed by atoms with van der Waals surface area (Å²) in [5.74, 6) is 1.16. The lowest BCUT2D eigenvalue weighted by atomic mass is 9.95. The summed E-state index contributed by atoms with van der Waals surface area (Å²) in [6, 6.07) is 24.7. The Bertz CT molecular complexity index is 1980. The third kappa shape index (κ3) is 5.84. The summed E-state index contributed by atoms with van der Waals surface area (Å²) in [5, 5.41) is 4.31. The summed E-state index contributed by atoms with van der Waals surface area (Å²) in [4.78, 5) is 56.5. The van der Waals surface area contributed by atoms with E-state index in [0.29, 0.717) is 18.0 Å². The highest BCUT2D eigenvalue weighted by Crippen LogP contribution is 2.41. The Morgan fingerprint density at radius 1 is 0.857 bits per heavy atom. The van der Waals surface area contributed by atoms with Crippen molar-refractivity contribution in [3.63, 3.8) is 0 Å². The molecule has 250 valence electrons. The second-order valence-electron chi connectivity index (χ2n) is 13.7. The molecule has 2 fully saturated rings. The number of anilines is 2. The van der Waals surface area contributed by atoms with Crippen molar-refractivity contribution in [2.45, 2.75) is 51.7 Å². The first kappa shape index (κ1) is 31.2. The zero-order valence-corrected chi connectivity index (χ0v) is 28.1. The molecule has 1 unspecified atom stereocenters. The standard InChI is InChI=1S/C39H41N7O3/c1-25(2)45-18-17-40-37(45)31-7-4-8-34(41-31)44-21-19-43(20-22-44)24-27-11-9-26(10-12-27)23-28-13-14-32-36-29(28)5-3-6-30(36)39(49)46(32)33-15-16-35(47)42-38(33)48/h3-14,25,33H,15-24H2,1-2H3,(H,42,47,48). The van der Waals surface area contributed by atoms with Crippen molar-refractivity contribution < 1.29 is 14.4 Å². The molecule has 0 radical (unpaired) electrons. The number of aliphatic imine (C=N–C) groups is 1. The van der Waals surface area contributed by atoms with Crippen LogP contribution in [0.3, 0.4) is 0 Å². The fraction of sp³-hybridized carbons (Fsp3) is 0.359. The van der Waals surface area contributed by atoms with E-state index in [1.807, 2.05) is 18.2 Å². The number of carbonyl (C=O) groups excluding carboxylic acids is 3. The maximum atomic E-state index is 13.5. The van der Waals surface area contributed by atoms with Crippen LogP contribution in [-0.2, 0) is 22.6 Å². The molecule has 0 saturated carbocycles. The number of rotatable bonds is 8. The first-order valence-electron chi connectivity index (χ1n) is 17.4. The Morgan fingerprint density at radius 2 is 1.63 bits per heavy atom. The van der Waals surface area contributed by atoms with Crippen LogP contribution in [0, 0.1) is 0 Å². The van der Waals surface area contributed by atoms with Gasteiger partial charge in [-0.3, -0.25) is 34.5 Å². The third-order valence-electron chi connectivity index (χ3n) is 10.3. The number of aromatic nitrogens is 1. The summed E-state index contributed by atoms with van der Waals surface area (Å²) >= 11 is 0. The van der Waals surface area contributed by atoms with Gasteiger partial charge in [-0.2, -0.15) is 0 Å². The van der Waals surface area contributed by atoms with E-state index >= 15 is 0 Å². The molecule has 3 aromatic carbocycles. The van der Waals surface area contributed by atoms with E-state index in [1.165, 1.54) is 11.1 Å². The molecule has 1 atom stereocenters. The third-order valence-corrected chi connectivity index (χ3v) is 10.3. The van der Waals surface area contributed by atoms with E-state index in [0.717, 1.165) is 91.6 Å². The molecular formula is C39H41N7O3. The van der Waals surface area contributed by atoms with Gasteiger partial charge >= 0.3 is 0 Å². The highest BCUT2D eigenvalue weighted by molar-refractivity contribution is 6.27. The number of benzene rings is 3. The fourth-order valence-electron chi connectivity index (χ4n) is 7.75. The van der Waals surface area contributed by atoms with Crippen molar-refractivity contribution >= 4 is 45.8 Å². The zero-order valence-electron chi connectivity index (χ0n) is 28.1. The van der Waals surface area contributed by atoms with Crippen LogP contribution in [0.2, 0.25) is 0 Å². The molecule has 4 aliphatic rings. The Balaban J connectivity index is 0.911. The van der Waals surface area contributed by atoms with Gasteiger partial charge in [0, 0.05) is 62.7 Å². The van der Waals surface area contributed by atoms with Gasteiger partial charge in [0.2, 0.25) is 11.8 Å². The van der Waals surface area contributed by atoms with Crippen molar-refractivity contribution in [2.24, 2.45) is 4.99 Å². The van der Waals surface area contributed by atoms with Gasteiger partial charge in [-0.25, -0.2) is 4.98 Å². The van der Waals surface area contributed by atoms with Crippen LogP contribution in [0.25, 0.3) is 10.8 Å². The lowest BCUT2D eigenvalue weighted by Crippen LogP contribution is -2.53. The highest BCUT2D eigenvalue weighted by atomic mass is 16.2. The van der Waals surface area contributed by atoms with Gasteiger partial charge in [-0.05, 0) is 73.0 Å². The predicted octanol–water partition coefficient (Wildman–Crippen LogP) is 4.38. The molecule has 3 amide bonds. The highest BCUT2D eigenvalue weighted by Gasteiger charge is 2.40. The van der Waals surface area contributed by atoms with Crippen LogP contribution in [0.5, 0.6) is 0 Å². The molecule has 10 heteroatoms. The minimum absolute atomic E-state index is 0.181. The quantitative estimate of drug-likeness (QED) is 0.281. The largest absolute Gasteiger partial charge is 0.354 e. The van der Waals surface area contributed by atoms with Gasteiger partial charge in [0.15, 0.2) is 0 Å². The van der Waals surface area contributed by atoms with Gasteiger partial charge < -0.3 is 9.80 Å². The molecule has 4 aliphatic heterocycles. The molecule has 4 aromatic rings.